The van der Waals surface area contributed by atoms with Gasteiger partial charge in [-0.25, -0.2) is 4.98 Å². The van der Waals surface area contributed by atoms with Crippen LogP contribution in [0.3, 0.4) is 0 Å². The van der Waals surface area contributed by atoms with Crippen molar-refractivity contribution in [2.45, 2.75) is 0 Å². The number of aromatic nitrogens is 2. The topological polar surface area (TPSA) is 16.8 Å². The summed E-state index contributed by atoms with van der Waals surface area (Å²) in [6.07, 6.45) is 3.58. The van der Waals surface area contributed by atoms with E-state index in [-0.39, 0.29) is 20.4 Å². The van der Waals surface area contributed by atoms with E-state index in [9.17, 15) is 0 Å². The molecule has 2 aromatic heterocycles. The van der Waals surface area contributed by atoms with E-state index < -0.39 is 0 Å². The lowest BCUT2D eigenvalue weighted by atomic mass is 10.3. The molecule has 6 heteroatoms. The highest BCUT2D eigenvalue weighted by Crippen LogP contribution is 2.34. The van der Waals surface area contributed by atoms with Gasteiger partial charge in [0.2, 0.25) is 0 Å². The molecule has 2 aromatic rings. The minimum Gasteiger partial charge on any atom is -0.221 e. The Morgan fingerprint density at radius 3 is 1.81 bits per heavy atom. The SMILES string of the molecule is Clc1nc(Cl)c(Cl)c(-[n+]2ccccc2)c1Cl. The average molecular weight is 295 g/mol. The van der Waals surface area contributed by atoms with Crippen molar-refractivity contribution in [3.05, 3.63) is 50.9 Å². The summed E-state index contributed by atoms with van der Waals surface area (Å²) < 4.78 is 1.73. The molecule has 0 saturated carbocycles. The van der Waals surface area contributed by atoms with Gasteiger partial charge < -0.3 is 0 Å². The van der Waals surface area contributed by atoms with Gasteiger partial charge in [0.05, 0.1) is 0 Å². The van der Waals surface area contributed by atoms with E-state index in [1.807, 2.05) is 18.2 Å². The Morgan fingerprint density at radius 1 is 0.812 bits per heavy atom. The molecule has 0 aromatic carbocycles. The van der Waals surface area contributed by atoms with Gasteiger partial charge in [-0.15, -0.1) is 0 Å². The molecular formula is C10H5Cl4N2+. The van der Waals surface area contributed by atoms with Crippen LogP contribution in [0, 0.1) is 0 Å². The Labute approximate surface area is 112 Å². The first-order valence-electron chi connectivity index (χ1n) is 4.28. The van der Waals surface area contributed by atoms with Crippen molar-refractivity contribution in [3.63, 3.8) is 0 Å². The second-order valence-electron chi connectivity index (χ2n) is 2.95. The summed E-state index contributed by atoms with van der Waals surface area (Å²) in [4.78, 5) is 3.81. The van der Waals surface area contributed by atoms with Crippen molar-refractivity contribution in [1.29, 1.82) is 0 Å². The van der Waals surface area contributed by atoms with Crippen molar-refractivity contribution in [2.24, 2.45) is 0 Å². The van der Waals surface area contributed by atoms with Gasteiger partial charge in [0.1, 0.15) is 0 Å². The predicted molar refractivity (Wildman–Crippen MR) is 65.8 cm³/mol. The minimum atomic E-state index is 0.127. The molecule has 0 spiro atoms. The molecule has 0 saturated heterocycles. The van der Waals surface area contributed by atoms with Gasteiger partial charge in [-0.1, -0.05) is 52.5 Å². The van der Waals surface area contributed by atoms with E-state index in [0.29, 0.717) is 5.69 Å². The summed E-state index contributed by atoms with van der Waals surface area (Å²) in [7, 11) is 0. The standard InChI is InChI=1S/C10H5Cl4N2/c11-6-8(16-4-2-1-3-5-16)7(12)10(14)15-9(6)13/h1-5H/q+1. The van der Waals surface area contributed by atoms with Crippen LogP contribution < -0.4 is 4.57 Å². The van der Waals surface area contributed by atoms with E-state index >= 15 is 0 Å². The van der Waals surface area contributed by atoms with Crippen molar-refractivity contribution in [2.75, 3.05) is 0 Å². The summed E-state index contributed by atoms with van der Waals surface area (Å²) in [6, 6.07) is 5.56. The normalized spacial score (nSPS) is 10.5. The van der Waals surface area contributed by atoms with E-state index in [1.165, 1.54) is 0 Å². The van der Waals surface area contributed by atoms with Crippen LogP contribution in [0.2, 0.25) is 20.4 Å². The number of hydrogen-bond acceptors (Lipinski definition) is 1. The van der Waals surface area contributed by atoms with Crippen LogP contribution in [-0.2, 0) is 0 Å². The maximum Gasteiger partial charge on any atom is 0.254 e. The second-order valence-corrected chi connectivity index (χ2v) is 4.42. The third-order valence-electron chi connectivity index (χ3n) is 1.95. The third kappa shape index (κ3) is 2.11. The molecule has 0 amide bonds. The highest BCUT2D eigenvalue weighted by atomic mass is 35.5. The number of rotatable bonds is 1. The fraction of sp³-hybridized carbons (Fsp3) is 0. The first-order valence-corrected chi connectivity index (χ1v) is 5.79. The van der Waals surface area contributed by atoms with Gasteiger partial charge >= 0.3 is 0 Å². The first-order chi connectivity index (χ1) is 7.61. The summed E-state index contributed by atoms with van der Waals surface area (Å²) in [5, 5.41) is 0.796. The molecule has 0 radical (unpaired) electrons. The highest BCUT2D eigenvalue weighted by Gasteiger charge is 2.23. The second kappa shape index (κ2) is 4.76. The van der Waals surface area contributed by atoms with Crippen LogP contribution in [0.25, 0.3) is 5.69 Å². The molecule has 0 aliphatic heterocycles. The zero-order chi connectivity index (χ0) is 11.7. The number of halogens is 4. The molecule has 2 nitrogen and oxygen atoms in total. The number of pyridine rings is 2. The van der Waals surface area contributed by atoms with E-state index in [0.717, 1.165) is 0 Å². The van der Waals surface area contributed by atoms with Gasteiger partial charge in [-0.3, -0.25) is 0 Å². The fourth-order valence-corrected chi connectivity index (χ4v) is 2.16. The summed E-state index contributed by atoms with van der Waals surface area (Å²) in [5.74, 6) is 0. The van der Waals surface area contributed by atoms with E-state index in [1.54, 1.807) is 17.0 Å². The zero-order valence-electron chi connectivity index (χ0n) is 7.79. The molecule has 0 aliphatic carbocycles. The van der Waals surface area contributed by atoms with Crippen LogP contribution >= 0.6 is 46.4 Å². The molecule has 2 rings (SSSR count). The molecule has 0 atom stereocenters. The van der Waals surface area contributed by atoms with E-state index in [4.69, 9.17) is 46.4 Å². The van der Waals surface area contributed by atoms with Gasteiger partial charge in [0.25, 0.3) is 5.69 Å². The lowest BCUT2D eigenvalue weighted by molar-refractivity contribution is -0.595. The zero-order valence-corrected chi connectivity index (χ0v) is 10.8. The Kier molecular flexibility index (Phi) is 3.55. The molecule has 16 heavy (non-hydrogen) atoms. The molecule has 82 valence electrons. The smallest absolute Gasteiger partial charge is 0.221 e. The molecule has 2 heterocycles. The molecular weight excluding hydrogens is 290 g/mol. The Morgan fingerprint density at radius 2 is 1.31 bits per heavy atom. The van der Waals surface area contributed by atoms with Crippen molar-refractivity contribution >= 4 is 46.4 Å². The lowest BCUT2D eigenvalue weighted by Gasteiger charge is -2.03. The largest absolute Gasteiger partial charge is 0.254 e. The van der Waals surface area contributed by atoms with Crippen LogP contribution in [0.4, 0.5) is 0 Å². The van der Waals surface area contributed by atoms with Crippen LogP contribution in [0.15, 0.2) is 30.6 Å². The lowest BCUT2D eigenvalue weighted by Crippen LogP contribution is -2.30. The fourth-order valence-electron chi connectivity index (χ4n) is 1.25. The highest BCUT2D eigenvalue weighted by molar-refractivity contribution is 6.47. The van der Waals surface area contributed by atoms with Gasteiger partial charge in [-0.2, -0.15) is 4.57 Å². The maximum atomic E-state index is 6.05. The number of hydrogen-bond donors (Lipinski definition) is 0. The van der Waals surface area contributed by atoms with Crippen molar-refractivity contribution in [1.82, 2.24) is 4.98 Å². The molecule has 0 fully saturated rings. The minimum absolute atomic E-state index is 0.127. The third-order valence-corrected chi connectivity index (χ3v) is 3.40. The molecule has 0 N–H and O–H groups in total. The quantitative estimate of drug-likeness (QED) is 0.574. The molecule has 0 bridgehead atoms. The Hall–Kier alpha value is -0.540. The van der Waals surface area contributed by atoms with Crippen molar-refractivity contribution in [3.8, 4) is 5.69 Å². The van der Waals surface area contributed by atoms with E-state index in [2.05, 4.69) is 4.98 Å². The Balaban J connectivity index is 2.74. The predicted octanol–water partition coefficient (Wildman–Crippen LogP) is 3.97. The molecule has 0 aliphatic rings. The number of nitrogens with zero attached hydrogens (tertiary/aromatic N) is 2. The van der Waals surface area contributed by atoms with Gasteiger partial charge in [-0.05, 0) is 0 Å². The van der Waals surface area contributed by atoms with Crippen LogP contribution in [-0.4, -0.2) is 4.98 Å². The maximum absolute atomic E-state index is 6.05. The Bertz CT molecular complexity index is 502. The van der Waals surface area contributed by atoms with Crippen molar-refractivity contribution < 1.29 is 4.57 Å². The summed E-state index contributed by atoms with van der Waals surface area (Å²) >= 11 is 23.8. The monoisotopic (exact) mass is 293 g/mol. The summed E-state index contributed by atoms with van der Waals surface area (Å²) in [6.45, 7) is 0. The summed E-state index contributed by atoms with van der Waals surface area (Å²) in [5.41, 5.74) is 0.522. The van der Waals surface area contributed by atoms with Crippen LogP contribution in [0.5, 0.6) is 0 Å². The first kappa shape index (κ1) is 11.9. The van der Waals surface area contributed by atoms with Gasteiger partial charge in [0, 0.05) is 12.1 Å². The molecule has 0 unspecified atom stereocenters. The average Bonchev–Trinajstić information content (AvgIpc) is 2.28. The van der Waals surface area contributed by atoms with Crippen LogP contribution in [0.1, 0.15) is 0 Å². The van der Waals surface area contributed by atoms with Gasteiger partial charge in [0.15, 0.2) is 32.7 Å².